The first kappa shape index (κ1) is 16.0. The number of nitrogens with zero attached hydrogens (tertiary/aromatic N) is 2. The van der Waals surface area contributed by atoms with Crippen molar-refractivity contribution < 1.29 is 13.7 Å². The van der Waals surface area contributed by atoms with Crippen molar-refractivity contribution in [3.05, 3.63) is 75.6 Å². The van der Waals surface area contributed by atoms with Crippen LogP contribution in [0.25, 0.3) is 11.3 Å². The van der Waals surface area contributed by atoms with Crippen LogP contribution in [0.5, 0.6) is 0 Å². The van der Waals surface area contributed by atoms with Crippen LogP contribution >= 0.6 is 15.9 Å². The number of aromatic nitrogens is 1. The summed E-state index contributed by atoms with van der Waals surface area (Å²) >= 11 is 3.37. The summed E-state index contributed by atoms with van der Waals surface area (Å²) in [6.07, 6.45) is 0.661. The summed E-state index contributed by atoms with van der Waals surface area (Å²) in [5.74, 6) is 0.346. The van der Waals surface area contributed by atoms with E-state index >= 15 is 0 Å². The molecule has 3 aromatic rings. The molecule has 2 heterocycles. The fourth-order valence-corrected chi connectivity index (χ4v) is 3.27. The second-order valence-corrected chi connectivity index (χ2v) is 6.84. The minimum Gasteiger partial charge on any atom is -0.356 e. The molecule has 1 aromatic heterocycles. The van der Waals surface area contributed by atoms with Gasteiger partial charge in [-0.15, -0.1) is 0 Å². The first-order valence-electron chi connectivity index (χ1n) is 7.90. The van der Waals surface area contributed by atoms with Crippen molar-refractivity contribution in [1.82, 2.24) is 10.1 Å². The van der Waals surface area contributed by atoms with Crippen LogP contribution in [0.3, 0.4) is 0 Å². The first-order valence-corrected chi connectivity index (χ1v) is 8.69. The molecule has 126 valence electrons. The number of hydrogen-bond acceptors (Lipinski definition) is 3. The Morgan fingerprint density at radius 1 is 1.12 bits per heavy atom. The predicted molar refractivity (Wildman–Crippen MR) is 94.5 cm³/mol. The summed E-state index contributed by atoms with van der Waals surface area (Å²) in [5, 5.41) is 4.13. The third-order valence-electron chi connectivity index (χ3n) is 4.33. The maximum absolute atomic E-state index is 13.1. The van der Waals surface area contributed by atoms with Crippen molar-refractivity contribution in [3.63, 3.8) is 0 Å². The topological polar surface area (TPSA) is 46.3 Å². The first-order chi connectivity index (χ1) is 12.1. The van der Waals surface area contributed by atoms with E-state index in [4.69, 9.17) is 4.52 Å². The lowest BCUT2D eigenvalue weighted by atomic mass is 10.00. The van der Waals surface area contributed by atoms with Crippen LogP contribution in [0.2, 0.25) is 0 Å². The molecule has 0 saturated carbocycles. The number of carbonyl (C=O) groups excluding carboxylic acids is 1. The SMILES string of the molecule is O=C(c1ccc(Br)cc1)N1CCc2c(noc2-c2ccc(F)cc2)C1. The summed E-state index contributed by atoms with van der Waals surface area (Å²) in [5.41, 5.74) is 3.19. The van der Waals surface area contributed by atoms with E-state index in [2.05, 4.69) is 21.1 Å². The lowest BCUT2D eigenvalue weighted by molar-refractivity contribution is 0.0731. The quantitative estimate of drug-likeness (QED) is 0.638. The van der Waals surface area contributed by atoms with E-state index in [9.17, 15) is 9.18 Å². The third-order valence-corrected chi connectivity index (χ3v) is 4.86. The summed E-state index contributed by atoms with van der Waals surface area (Å²) in [6.45, 7) is 1.01. The normalized spacial score (nSPS) is 13.6. The Morgan fingerprint density at radius 3 is 2.56 bits per heavy atom. The second kappa shape index (κ2) is 6.44. The molecule has 0 fully saturated rings. The minimum absolute atomic E-state index is 0.0236. The van der Waals surface area contributed by atoms with Crippen LogP contribution < -0.4 is 0 Å². The van der Waals surface area contributed by atoms with E-state index in [1.807, 2.05) is 12.1 Å². The number of benzene rings is 2. The van der Waals surface area contributed by atoms with Crippen molar-refractivity contribution >= 4 is 21.8 Å². The molecule has 0 N–H and O–H groups in total. The van der Waals surface area contributed by atoms with Crippen LogP contribution in [0.4, 0.5) is 4.39 Å². The molecule has 1 aliphatic rings. The molecule has 6 heteroatoms. The van der Waals surface area contributed by atoms with Gasteiger partial charge in [0.25, 0.3) is 5.91 Å². The van der Waals surface area contributed by atoms with Gasteiger partial charge in [-0.3, -0.25) is 4.79 Å². The van der Waals surface area contributed by atoms with Crippen molar-refractivity contribution in [2.75, 3.05) is 6.54 Å². The van der Waals surface area contributed by atoms with Gasteiger partial charge in [0, 0.05) is 27.7 Å². The highest BCUT2D eigenvalue weighted by Crippen LogP contribution is 2.31. The van der Waals surface area contributed by atoms with Gasteiger partial charge in [-0.05, 0) is 55.0 Å². The third kappa shape index (κ3) is 3.09. The molecule has 25 heavy (non-hydrogen) atoms. The molecule has 0 bridgehead atoms. The van der Waals surface area contributed by atoms with E-state index in [0.29, 0.717) is 30.8 Å². The van der Waals surface area contributed by atoms with E-state index in [0.717, 1.165) is 21.3 Å². The van der Waals surface area contributed by atoms with E-state index in [1.165, 1.54) is 12.1 Å². The zero-order valence-corrected chi connectivity index (χ0v) is 14.8. The van der Waals surface area contributed by atoms with Crippen LogP contribution in [-0.2, 0) is 13.0 Å². The monoisotopic (exact) mass is 400 g/mol. The lowest BCUT2D eigenvalue weighted by Gasteiger charge is -2.26. The lowest BCUT2D eigenvalue weighted by Crippen LogP contribution is -2.35. The number of carbonyl (C=O) groups is 1. The summed E-state index contributed by atoms with van der Waals surface area (Å²) < 4.78 is 19.5. The van der Waals surface area contributed by atoms with Gasteiger partial charge in [0.2, 0.25) is 0 Å². The molecule has 4 rings (SSSR count). The number of rotatable bonds is 2. The van der Waals surface area contributed by atoms with Gasteiger partial charge in [0.05, 0.1) is 6.54 Å². The molecule has 4 nitrogen and oxygen atoms in total. The number of fused-ring (bicyclic) bond motifs is 1. The van der Waals surface area contributed by atoms with Crippen LogP contribution in [0.1, 0.15) is 21.6 Å². The Bertz CT molecular complexity index is 920. The predicted octanol–water partition coefficient (Wildman–Crippen LogP) is 4.44. The highest BCUT2D eigenvalue weighted by molar-refractivity contribution is 9.10. The Kier molecular flexibility index (Phi) is 4.13. The van der Waals surface area contributed by atoms with Crippen molar-refractivity contribution in [2.45, 2.75) is 13.0 Å². The Morgan fingerprint density at radius 2 is 1.84 bits per heavy atom. The summed E-state index contributed by atoms with van der Waals surface area (Å²) in [7, 11) is 0. The highest BCUT2D eigenvalue weighted by Gasteiger charge is 2.27. The Labute approximate surface area is 152 Å². The standard InChI is InChI=1S/C19H14BrFN2O2/c20-14-5-1-13(2-6-14)19(24)23-10-9-16-17(11-23)22-25-18(16)12-3-7-15(21)8-4-12/h1-8H,9-11H2. The molecule has 0 unspecified atom stereocenters. The molecule has 1 amide bonds. The Hall–Kier alpha value is -2.47. The molecular formula is C19H14BrFN2O2. The molecular weight excluding hydrogens is 387 g/mol. The second-order valence-electron chi connectivity index (χ2n) is 5.93. The molecule has 0 spiro atoms. The molecule has 0 radical (unpaired) electrons. The summed E-state index contributed by atoms with van der Waals surface area (Å²) in [6, 6.07) is 13.5. The maximum atomic E-state index is 13.1. The molecule has 0 aliphatic carbocycles. The van der Waals surface area contributed by atoms with E-state index in [1.54, 1.807) is 29.2 Å². The van der Waals surface area contributed by atoms with Gasteiger partial charge in [0.1, 0.15) is 11.5 Å². The van der Waals surface area contributed by atoms with Gasteiger partial charge in [-0.2, -0.15) is 0 Å². The number of halogens is 2. The van der Waals surface area contributed by atoms with E-state index < -0.39 is 0 Å². The molecule has 1 aliphatic heterocycles. The number of amides is 1. The Balaban J connectivity index is 1.57. The molecule has 0 atom stereocenters. The molecule has 0 saturated heterocycles. The van der Waals surface area contributed by atoms with Crippen LogP contribution in [0, 0.1) is 5.82 Å². The van der Waals surface area contributed by atoms with Crippen molar-refractivity contribution in [3.8, 4) is 11.3 Å². The van der Waals surface area contributed by atoms with Gasteiger partial charge < -0.3 is 9.42 Å². The van der Waals surface area contributed by atoms with Gasteiger partial charge in [0.15, 0.2) is 5.76 Å². The van der Waals surface area contributed by atoms with Crippen LogP contribution in [-0.4, -0.2) is 22.5 Å². The highest BCUT2D eigenvalue weighted by atomic mass is 79.9. The maximum Gasteiger partial charge on any atom is 0.254 e. The number of hydrogen-bond donors (Lipinski definition) is 0. The smallest absolute Gasteiger partial charge is 0.254 e. The summed E-state index contributed by atoms with van der Waals surface area (Å²) in [4.78, 5) is 14.4. The van der Waals surface area contributed by atoms with Crippen molar-refractivity contribution in [2.24, 2.45) is 0 Å². The zero-order chi connectivity index (χ0) is 17.4. The minimum atomic E-state index is -0.289. The average Bonchev–Trinajstić information content (AvgIpc) is 3.05. The van der Waals surface area contributed by atoms with Crippen molar-refractivity contribution in [1.29, 1.82) is 0 Å². The van der Waals surface area contributed by atoms with E-state index in [-0.39, 0.29) is 11.7 Å². The molecule has 2 aromatic carbocycles. The fraction of sp³-hybridized carbons (Fsp3) is 0.158. The average molecular weight is 401 g/mol. The largest absolute Gasteiger partial charge is 0.356 e. The van der Waals surface area contributed by atoms with Gasteiger partial charge >= 0.3 is 0 Å². The van der Waals surface area contributed by atoms with Gasteiger partial charge in [-0.25, -0.2) is 4.39 Å². The van der Waals surface area contributed by atoms with Crippen LogP contribution in [0.15, 0.2) is 57.5 Å². The zero-order valence-electron chi connectivity index (χ0n) is 13.2. The fourth-order valence-electron chi connectivity index (χ4n) is 3.01. The van der Waals surface area contributed by atoms with Gasteiger partial charge in [-0.1, -0.05) is 21.1 Å².